The minimum absolute atomic E-state index is 0.0172. The van der Waals surface area contributed by atoms with Gasteiger partial charge in [-0.25, -0.2) is 0 Å². The number of carboxylic acid groups (broad SMARTS) is 1. The number of hydrogen-bond donors (Lipinski definition) is 13. The highest BCUT2D eigenvalue weighted by molar-refractivity contribution is 5.99. The zero-order chi connectivity index (χ0) is 66.2. The van der Waals surface area contributed by atoms with E-state index in [1.807, 2.05) is 27.7 Å². The van der Waals surface area contributed by atoms with Crippen LogP contribution in [0.4, 0.5) is 0 Å². The van der Waals surface area contributed by atoms with E-state index in [-0.39, 0.29) is 81.6 Å². The number of Topliss-reactive ketones (excluding diaryl/α,β-unsaturated/α-hetero) is 5. The van der Waals surface area contributed by atoms with E-state index >= 15 is 0 Å². The van der Waals surface area contributed by atoms with E-state index in [4.69, 9.17) is 39.5 Å². The average molecular weight is 1230 g/mol. The SMILES string of the molecule is CC(C)C[C@H](CC(=O)[C@H](CC(C)C)NC(=O)[C@H](CCCCN)CC(=O)[C@H](CCCN=C(N)N)NC(=O)[C@@H](CC(=O)[C@H](CCC(N)=O)NC(=O)[C@H](CCC(N)=O)CC(=O)[C@H](C)NC(=O)[C@@H](CC(=O)[C@@H](C)CC(=O)O)[C@@H](C)O)Cc1ccc(O)cc1)C(N)=O. The molecule has 1 aromatic carbocycles. The van der Waals surface area contributed by atoms with E-state index in [0.717, 1.165) is 0 Å². The topological polar surface area (TPSA) is 499 Å². The number of aliphatic hydroxyl groups excluding tert-OH is 1. The highest BCUT2D eigenvalue weighted by Crippen LogP contribution is 2.25. The first kappa shape index (κ1) is 77.3. The number of nitrogens with zero attached hydrogens (tertiary/aromatic N) is 1. The maximum atomic E-state index is 14.8. The molecule has 0 aliphatic rings. The monoisotopic (exact) mass is 1230 g/mol. The van der Waals surface area contributed by atoms with E-state index in [1.165, 1.54) is 45.0 Å². The molecule has 0 bridgehead atoms. The van der Waals surface area contributed by atoms with Gasteiger partial charge in [0.25, 0.3) is 0 Å². The summed E-state index contributed by atoms with van der Waals surface area (Å²) < 4.78 is 0. The molecule has 0 aromatic heterocycles. The molecule has 1 aromatic rings. The molecule has 0 unspecified atom stereocenters. The maximum Gasteiger partial charge on any atom is 0.304 e. The molecule has 0 aliphatic carbocycles. The van der Waals surface area contributed by atoms with Gasteiger partial charge in [0.2, 0.25) is 41.4 Å². The number of nitrogens with one attached hydrogen (secondary N) is 4. The number of carbonyl (C=O) groups excluding carboxylic acids is 12. The van der Waals surface area contributed by atoms with Gasteiger partial charge in [-0.15, -0.1) is 0 Å². The summed E-state index contributed by atoms with van der Waals surface area (Å²) in [5, 5.41) is 40.2. The lowest BCUT2D eigenvalue weighted by atomic mass is 9.87. The minimum Gasteiger partial charge on any atom is -0.508 e. The molecular weight excluding hydrogens is 1130 g/mol. The van der Waals surface area contributed by atoms with Gasteiger partial charge in [0.15, 0.2) is 29.1 Å². The summed E-state index contributed by atoms with van der Waals surface area (Å²) in [6, 6.07) is 0.374. The van der Waals surface area contributed by atoms with Crippen molar-refractivity contribution in [1.82, 2.24) is 21.3 Å². The molecule has 488 valence electrons. The van der Waals surface area contributed by atoms with Crippen LogP contribution in [0.5, 0.6) is 5.75 Å². The van der Waals surface area contributed by atoms with Crippen molar-refractivity contribution < 1.29 is 77.6 Å². The number of phenols is 1. The molecular formula is C60H97N11O16. The highest BCUT2D eigenvalue weighted by Gasteiger charge is 2.37. The van der Waals surface area contributed by atoms with Gasteiger partial charge in [-0.05, 0) is 108 Å². The number of aliphatic hydroxyl groups is 1. The van der Waals surface area contributed by atoms with Crippen LogP contribution in [0.3, 0.4) is 0 Å². The number of aromatic hydroxyl groups is 1. The van der Waals surface area contributed by atoms with E-state index in [1.54, 1.807) is 0 Å². The molecule has 27 heteroatoms. The van der Waals surface area contributed by atoms with Crippen molar-refractivity contribution in [1.29, 1.82) is 0 Å². The van der Waals surface area contributed by atoms with Gasteiger partial charge < -0.3 is 71.0 Å². The number of amides is 7. The summed E-state index contributed by atoms with van der Waals surface area (Å²) in [6.45, 7) is 11.6. The molecule has 11 atom stereocenters. The van der Waals surface area contributed by atoms with Gasteiger partial charge >= 0.3 is 5.97 Å². The summed E-state index contributed by atoms with van der Waals surface area (Å²) in [6.07, 6.45) is -4.63. The molecule has 0 saturated carbocycles. The standard InChI is InChI=1S/C60H97N11O16/c1-32(2)23-40(55(64)83)29-51(78)46(24-33(3)4)71-56(84)38(11-8-9-21-61)28-49(76)44(12-10-22-67-60(65)66)69-58(86)41(26-37-13-16-42(73)17-14-37)30-50(77)45(18-20-53(63)80)70-57(85)39(15-19-52(62)79)27-48(75)35(6)68-59(87)43(36(7)72)31-47(74)34(5)25-54(81)82/h13-14,16-17,32-36,38-41,43-46,72-73H,8-12,15,18-31,61H2,1-7H3,(H2,62,79)(H2,63,80)(H2,64,83)(H,68,87)(H,69,86)(H,70,85)(H,71,84)(H,81,82)(H4,65,66,67)/t34-,35-,36+,38+,39+,40+,41+,43-,44-,45-,46-/m0/s1. The number of aliphatic carboxylic acids is 1. The third-order valence-corrected chi connectivity index (χ3v) is 14.9. The molecule has 0 spiro atoms. The first-order chi connectivity index (χ1) is 40.6. The predicted octanol–water partition coefficient (Wildman–Crippen LogP) is 0.553. The molecule has 1 rings (SSSR count). The van der Waals surface area contributed by atoms with Crippen molar-refractivity contribution in [2.75, 3.05) is 13.1 Å². The third-order valence-electron chi connectivity index (χ3n) is 14.9. The van der Waals surface area contributed by atoms with Crippen LogP contribution in [0, 0.1) is 47.3 Å². The normalized spacial score (nSPS) is 15.1. The number of phenolic OH excluding ortho intramolecular Hbond substituents is 1. The van der Waals surface area contributed by atoms with Crippen molar-refractivity contribution in [3.63, 3.8) is 0 Å². The largest absolute Gasteiger partial charge is 0.508 e. The molecule has 0 fully saturated rings. The van der Waals surface area contributed by atoms with Crippen LogP contribution >= 0.6 is 0 Å². The fraction of sp³-hybridized carbons (Fsp3) is 0.667. The zero-order valence-corrected chi connectivity index (χ0v) is 51.5. The third kappa shape index (κ3) is 31.5. The number of carbonyl (C=O) groups is 13. The van der Waals surface area contributed by atoms with Crippen molar-refractivity contribution in [2.24, 2.45) is 86.7 Å². The number of aliphatic imine (C=N–C) groups is 1. The van der Waals surface area contributed by atoms with Crippen LogP contribution in [0.2, 0.25) is 0 Å². The molecule has 87 heavy (non-hydrogen) atoms. The van der Waals surface area contributed by atoms with Gasteiger partial charge in [-0.1, -0.05) is 53.2 Å². The lowest BCUT2D eigenvalue weighted by molar-refractivity contribution is -0.141. The summed E-state index contributed by atoms with van der Waals surface area (Å²) in [4.78, 5) is 178. The molecule has 27 nitrogen and oxygen atoms in total. The second-order valence-electron chi connectivity index (χ2n) is 23.7. The molecule has 0 radical (unpaired) electrons. The number of unbranched alkanes of at least 4 members (excludes halogenated alkanes) is 1. The fourth-order valence-electron chi connectivity index (χ4n) is 9.83. The summed E-state index contributed by atoms with van der Waals surface area (Å²) in [5.74, 6) is -17.5. The number of primary amides is 3. The van der Waals surface area contributed by atoms with Crippen LogP contribution < -0.4 is 55.7 Å². The fourth-order valence-corrected chi connectivity index (χ4v) is 9.83. The Kier molecular flexibility index (Phi) is 35.5. The number of nitrogens with two attached hydrogens (primary N) is 6. The van der Waals surface area contributed by atoms with Crippen molar-refractivity contribution >= 4 is 82.2 Å². The van der Waals surface area contributed by atoms with Gasteiger partial charge in [0.05, 0.1) is 42.6 Å². The Labute approximate surface area is 509 Å². The molecule has 0 aliphatic heterocycles. The second kappa shape index (κ2) is 39.9. The smallest absolute Gasteiger partial charge is 0.304 e. The van der Waals surface area contributed by atoms with E-state index in [0.29, 0.717) is 24.8 Å². The Morgan fingerprint density at radius 3 is 1.49 bits per heavy atom. The number of guanidine groups is 1. The summed E-state index contributed by atoms with van der Waals surface area (Å²) >= 11 is 0. The van der Waals surface area contributed by atoms with Crippen LogP contribution in [0.1, 0.15) is 163 Å². The first-order valence-electron chi connectivity index (χ1n) is 29.8. The van der Waals surface area contributed by atoms with Crippen LogP contribution in [-0.4, -0.2) is 141 Å². The van der Waals surface area contributed by atoms with Gasteiger partial charge in [0, 0.05) is 81.1 Å². The number of benzene rings is 1. The first-order valence-corrected chi connectivity index (χ1v) is 29.8. The Balaban J connectivity index is 3.76. The summed E-state index contributed by atoms with van der Waals surface area (Å²) in [5.41, 5.74) is 34.0. The van der Waals surface area contributed by atoms with E-state index in [9.17, 15) is 72.5 Å². The number of hydrogen-bond acceptors (Lipinski definition) is 17. The lowest BCUT2D eigenvalue weighted by Gasteiger charge is -2.27. The van der Waals surface area contributed by atoms with Crippen molar-refractivity contribution in [3.05, 3.63) is 29.8 Å². The number of ketones is 5. The van der Waals surface area contributed by atoms with Crippen LogP contribution in [0.15, 0.2) is 29.3 Å². The van der Waals surface area contributed by atoms with Gasteiger partial charge in [-0.2, -0.15) is 0 Å². The highest BCUT2D eigenvalue weighted by atomic mass is 16.4. The second-order valence-corrected chi connectivity index (χ2v) is 23.7. The van der Waals surface area contributed by atoms with Gasteiger partial charge in [-0.3, -0.25) is 67.3 Å². The summed E-state index contributed by atoms with van der Waals surface area (Å²) in [7, 11) is 0. The predicted molar refractivity (Wildman–Crippen MR) is 322 cm³/mol. The maximum absolute atomic E-state index is 14.8. The Hall–Kier alpha value is -7.68. The molecule has 7 amide bonds. The number of rotatable bonds is 47. The molecule has 0 heterocycles. The van der Waals surface area contributed by atoms with Crippen LogP contribution in [0.25, 0.3) is 0 Å². The quantitative estimate of drug-likeness (QED) is 0.0241. The Morgan fingerprint density at radius 1 is 0.506 bits per heavy atom. The van der Waals surface area contributed by atoms with E-state index in [2.05, 4.69) is 26.3 Å². The zero-order valence-electron chi connectivity index (χ0n) is 51.5. The Bertz CT molecular complexity index is 2540. The van der Waals surface area contributed by atoms with E-state index < -0.39 is 193 Å². The number of carboxylic acids is 1. The van der Waals surface area contributed by atoms with Crippen molar-refractivity contribution in [3.8, 4) is 5.75 Å². The van der Waals surface area contributed by atoms with Crippen LogP contribution in [-0.2, 0) is 68.7 Å². The van der Waals surface area contributed by atoms with Gasteiger partial charge in [0.1, 0.15) is 11.5 Å². The minimum atomic E-state index is -1.57. The van der Waals surface area contributed by atoms with Crippen molar-refractivity contribution in [2.45, 2.75) is 194 Å². The Morgan fingerprint density at radius 2 is 0.989 bits per heavy atom. The molecule has 19 N–H and O–H groups in total. The average Bonchev–Trinajstić information content (AvgIpc) is 3.62. The lowest BCUT2D eigenvalue weighted by Crippen LogP contribution is -2.49. The molecule has 0 saturated heterocycles.